The zero-order chi connectivity index (χ0) is 14.0. The van der Waals surface area contributed by atoms with E-state index in [2.05, 4.69) is 5.32 Å². The van der Waals surface area contributed by atoms with Gasteiger partial charge < -0.3 is 15.5 Å². The third kappa shape index (κ3) is 3.16. The largest absolute Gasteiger partial charge is 0.508 e. The fraction of sp³-hybridized carbons (Fsp3) is 0.200. The van der Waals surface area contributed by atoms with Crippen LogP contribution < -0.4 is 5.32 Å². The number of phenolic OH excluding ortho intramolecular Hbond substituents is 2. The van der Waals surface area contributed by atoms with Gasteiger partial charge in [-0.1, -0.05) is 6.07 Å². The Morgan fingerprint density at radius 1 is 1.05 bits per heavy atom. The zero-order valence-corrected chi connectivity index (χ0v) is 10.8. The van der Waals surface area contributed by atoms with Crippen molar-refractivity contribution < 1.29 is 14.6 Å². The topological polar surface area (TPSA) is 52.5 Å². The summed E-state index contributed by atoms with van der Waals surface area (Å²) in [5, 5.41) is 21.9. The van der Waals surface area contributed by atoms with E-state index in [9.17, 15) is 14.6 Å². The number of hydrogen-bond donors (Lipinski definition) is 3. The van der Waals surface area contributed by atoms with Gasteiger partial charge >= 0.3 is 0 Å². The van der Waals surface area contributed by atoms with Crippen LogP contribution in [-0.4, -0.2) is 10.2 Å². The summed E-state index contributed by atoms with van der Waals surface area (Å²) in [5.41, 5.74) is 1.92. The molecule has 3 N–H and O–H groups in total. The van der Waals surface area contributed by atoms with Crippen molar-refractivity contribution >= 4 is 5.69 Å². The molecule has 0 bridgehead atoms. The number of hydrogen-bond acceptors (Lipinski definition) is 3. The molecule has 0 saturated heterocycles. The monoisotopic (exact) mass is 261 g/mol. The quantitative estimate of drug-likeness (QED) is 0.789. The Labute approximate surface area is 111 Å². The predicted molar refractivity (Wildman–Crippen MR) is 72.9 cm³/mol. The van der Waals surface area contributed by atoms with Crippen LogP contribution in [0.1, 0.15) is 24.1 Å². The summed E-state index contributed by atoms with van der Waals surface area (Å²) in [7, 11) is 0. The highest BCUT2D eigenvalue weighted by atomic mass is 19.1. The molecule has 2 aromatic carbocycles. The molecule has 0 aliphatic carbocycles. The summed E-state index contributed by atoms with van der Waals surface area (Å²) >= 11 is 0. The number of halogens is 1. The molecular formula is C15H16FNO2. The summed E-state index contributed by atoms with van der Waals surface area (Å²) in [6.45, 7) is 3.65. The van der Waals surface area contributed by atoms with Crippen molar-refractivity contribution in [1.29, 1.82) is 0 Å². The number of nitrogens with one attached hydrogen (secondary N) is 1. The second kappa shape index (κ2) is 5.18. The van der Waals surface area contributed by atoms with Gasteiger partial charge in [0.25, 0.3) is 0 Å². The van der Waals surface area contributed by atoms with Crippen molar-refractivity contribution in [2.45, 2.75) is 19.9 Å². The number of rotatable bonds is 3. The molecule has 2 rings (SSSR count). The van der Waals surface area contributed by atoms with Crippen LogP contribution in [0.25, 0.3) is 0 Å². The van der Waals surface area contributed by atoms with E-state index in [-0.39, 0.29) is 23.4 Å². The highest BCUT2D eigenvalue weighted by Gasteiger charge is 2.10. The Morgan fingerprint density at radius 2 is 1.68 bits per heavy atom. The van der Waals surface area contributed by atoms with Gasteiger partial charge in [0.15, 0.2) is 0 Å². The first kappa shape index (κ1) is 13.2. The lowest BCUT2D eigenvalue weighted by molar-refractivity contribution is 0.448. The SMILES string of the molecule is Cc1ccc(NC(C)c2cc(O)cc(O)c2)c(F)c1. The predicted octanol–water partition coefficient (Wildman–Crippen LogP) is 3.72. The van der Waals surface area contributed by atoms with Crippen LogP contribution in [-0.2, 0) is 0 Å². The van der Waals surface area contributed by atoms with Crippen LogP contribution in [0.5, 0.6) is 11.5 Å². The number of anilines is 1. The molecule has 1 unspecified atom stereocenters. The van der Waals surface area contributed by atoms with Crippen LogP contribution in [0.3, 0.4) is 0 Å². The number of aromatic hydroxyl groups is 2. The van der Waals surface area contributed by atoms with Gasteiger partial charge in [-0.15, -0.1) is 0 Å². The highest BCUT2D eigenvalue weighted by molar-refractivity contribution is 5.49. The van der Waals surface area contributed by atoms with Gasteiger partial charge in [0.1, 0.15) is 17.3 Å². The summed E-state index contributed by atoms with van der Waals surface area (Å²) in [6.07, 6.45) is 0. The van der Waals surface area contributed by atoms with Gasteiger partial charge in [-0.2, -0.15) is 0 Å². The van der Waals surface area contributed by atoms with Crippen LogP contribution in [0, 0.1) is 12.7 Å². The van der Waals surface area contributed by atoms with Gasteiger partial charge in [0.05, 0.1) is 5.69 Å². The summed E-state index contributed by atoms with van der Waals surface area (Å²) in [4.78, 5) is 0. The highest BCUT2D eigenvalue weighted by Crippen LogP contribution is 2.28. The Hall–Kier alpha value is -2.23. The summed E-state index contributed by atoms with van der Waals surface area (Å²) in [5.74, 6) is -0.364. The molecule has 0 aliphatic rings. The van der Waals surface area contributed by atoms with Crippen molar-refractivity contribution in [3.05, 3.63) is 53.3 Å². The van der Waals surface area contributed by atoms with E-state index < -0.39 is 0 Å². The first-order valence-electron chi connectivity index (χ1n) is 6.01. The number of phenols is 2. The lowest BCUT2D eigenvalue weighted by atomic mass is 10.1. The van der Waals surface area contributed by atoms with Crippen LogP contribution in [0.2, 0.25) is 0 Å². The van der Waals surface area contributed by atoms with Crippen molar-refractivity contribution in [2.75, 3.05) is 5.32 Å². The number of aryl methyl sites for hydroxylation is 1. The summed E-state index contributed by atoms with van der Waals surface area (Å²) in [6, 6.07) is 9.02. The maximum absolute atomic E-state index is 13.7. The smallest absolute Gasteiger partial charge is 0.146 e. The molecule has 0 amide bonds. The molecule has 0 heterocycles. The summed E-state index contributed by atoms with van der Waals surface area (Å²) < 4.78 is 13.7. The van der Waals surface area contributed by atoms with E-state index in [0.29, 0.717) is 11.3 Å². The van der Waals surface area contributed by atoms with Gasteiger partial charge in [-0.3, -0.25) is 0 Å². The van der Waals surface area contributed by atoms with E-state index in [0.717, 1.165) is 5.56 Å². The fourth-order valence-electron chi connectivity index (χ4n) is 1.92. The minimum absolute atomic E-state index is 0.0203. The maximum Gasteiger partial charge on any atom is 0.146 e. The second-order valence-electron chi connectivity index (χ2n) is 4.63. The van der Waals surface area contributed by atoms with E-state index in [4.69, 9.17) is 0 Å². The van der Waals surface area contributed by atoms with Gasteiger partial charge in [0.2, 0.25) is 0 Å². The van der Waals surface area contributed by atoms with E-state index in [1.165, 1.54) is 24.3 Å². The van der Waals surface area contributed by atoms with E-state index >= 15 is 0 Å². The Morgan fingerprint density at radius 3 is 2.26 bits per heavy atom. The minimum Gasteiger partial charge on any atom is -0.508 e. The minimum atomic E-state index is -0.323. The van der Waals surface area contributed by atoms with Crippen LogP contribution in [0.15, 0.2) is 36.4 Å². The zero-order valence-electron chi connectivity index (χ0n) is 10.8. The standard InChI is InChI=1S/C15H16FNO2/c1-9-3-4-15(14(16)5-9)17-10(2)11-6-12(18)8-13(19)7-11/h3-8,10,17-19H,1-2H3. The van der Waals surface area contributed by atoms with Crippen LogP contribution >= 0.6 is 0 Å². The lowest BCUT2D eigenvalue weighted by Crippen LogP contribution is -2.08. The molecule has 2 aromatic rings. The average Bonchev–Trinajstić information content (AvgIpc) is 2.31. The van der Waals surface area contributed by atoms with Crippen LogP contribution in [0.4, 0.5) is 10.1 Å². The van der Waals surface area contributed by atoms with Gasteiger partial charge in [-0.05, 0) is 49.2 Å². The van der Waals surface area contributed by atoms with E-state index in [1.54, 1.807) is 6.07 Å². The van der Waals surface area contributed by atoms with Crippen molar-refractivity contribution in [2.24, 2.45) is 0 Å². The molecule has 100 valence electrons. The van der Waals surface area contributed by atoms with Gasteiger partial charge in [-0.25, -0.2) is 4.39 Å². The molecule has 1 atom stereocenters. The Kier molecular flexibility index (Phi) is 3.60. The van der Waals surface area contributed by atoms with Crippen molar-refractivity contribution in [1.82, 2.24) is 0 Å². The molecule has 0 fully saturated rings. The molecule has 0 saturated carbocycles. The molecule has 0 aliphatic heterocycles. The Balaban J connectivity index is 2.22. The van der Waals surface area contributed by atoms with Crippen molar-refractivity contribution in [3.63, 3.8) is 0 Å². The van der Waals surface area contributed by atoms with E-state index in [1.807, 2.05) is 19.9 Å². The molecular weight excluding hydrogens is 245 g/mol. The van der Waals surface area contributed by atoms with Crippen molar-refractivity contribution in [3.8, 4) is 11.5 Å². The third-order valence-electron chi connectivity index (χ3n) is 2.92. The lowest BCUT2D eigenvalue weighted by Gasteiger charge is -2.17. The number of benzene rings is 2. The third-order valence-corrected chi connectivity index (χ3v) is 2.92. The average molecular weight is 261 g/mol. The maximum atomic E-state index is 13.7. The molecule has 0 spiro atoms. The normalized spacial score (nSPS) is 12.2. The molecule has 0 aromatic heterocycles. The Bertz CT molecular complexity index is 578. The second-order valence-corrected chi connectivity index (χ2v) is 4.63. The van der Waals surface area contributed by atoms with Gasteiger partial charge in [0, 0.05) is 12.1 Å². The first-order valence-corrected chi connectivity index (χ1v) is 6.01. The first-order chi connectivity index (χ1) is 8.95. The molecule has 19 heavy (non-hydrogen) atoms. The molecule has 0 radical (unpaired) electrons. The fourth-order valence-corrected chi connectivity index (χ4v) is 1.92. The molecule has 4 heteroatoms. The molecule has 3 nitrogen and oxygen atoms in total.